The van der Waals surface area contributed by atoms with E-state index in [4.69, 9.17) is 4.74 Å². The average Bonchev–Trinajstić information content (AvgIpc) is 2.73. The minimum atomic E-state index is -0.118. The third-order valence-electron chi connectivity index (χ3n) is 5.45. The van der Waals surface area contributed by atoms with Crippen LogP contribution in [0.3, 0.4) is 0 Å². The summed E-state index contributed by atoms with van der Waals surface area (Å²) in [6.07, 6.45) is 5.85. The van der Waals surface area contributed by atoms with Gasteiger partial charge in [-0.15, -0.1) is 0 Å². The molecule has 4 heteroatoms. The highest BCUT2D eigenvalue weighted by Gasteiger charge is 2.16. The van der Waals surface area contributed by atoms with Crippen molar-refractivity contribution < 1.29 is 9.53 Å². The Kier molecular flexibility index (Phi) is 6.75. The second kappa shape index (κ2) is 9.45. The maximum absolute atomic E-state index is 12.3. The number of ether oxygens (including phenoxy) is 1. The van der Waals surface area contributed by atoms with Gasteiger partial charge in [0.15, 0.2) is 0 Å². The molecule has 0 aromatic heterocycles. The SMILES string of the molecule is COc1ccccc1/C=C/C(=O)NC(C)c1ccc(N2CCC(C)CC2)cc1. The van der Waals surface area contributed by atoms with Crippen LogP contribution >= 0.6 is 0 Å². The lowest BCUT2D eigenvalue weighted by atomic mass is 9.98. The molecule has 2 aromatic rings. The van der Waals surface area contributed by atoms with Crippen LogP contribution in [0.4, 0.5) is 5.69 Å². The van der Waals surface area contributed by atoms with Crippen molar-refractivity contribution >= 4 is 17.7 Å². The maximum Gasteiger partial charge on any atom is 0.244 e. The summed E-state index contributed by atoms with van der Waals surface area (Å²) in [5, 5.41) is 3.03. The number of carbonyl (C=O) groups excluding carboxylic acids is 1. The highest BCUT2D eigenvalue weighted by Crippen LogP contribution is 2.24. The Labute approximate surface area is 168 Å². The first-order valence-corrected chi connectivity index (χ1v) is 10.0. The topological polar surface area (TPSA) is 41.6 Å². The monoisotopic (exact) mass is 378 g/mol. The molecule has 1 atom stereocenters. The van der Waals surface area contributed by atoms with E-state index < -0.39 is 0 Å². The van der Waals surface area contributed by atoms with Gasteiger partial charge >= 0.3 is 0 Å². The van der Waals surface area contributed by atoms with Gasteiger partial charge < -0.3 is 15.0 Å². The summed E-state index contributed by atoms with van der Waals surface area (Å²) in [6.45, 7) is 6.58. The lowest BCUT2D eigenvalue weighted by Crippen LogP contribution is -2.32. The van der Waals surface area contributed by atoms with Crippen molar-refractivity contribution in [3.05, 3.63) is 65.7 Å². The van der Waals surface area contributed by atoms with Crippen LogP contribution in [0.1, 0.15) is 43.9 Å². The first-order chi connectivity index (χ1) is 13.6. The van der Waals surface area contributed by atoms with Crippen LogP contribution in [0.2, 0.25) is 0 Å². The van der Waals surface area contributed by atoms with Gasteiger partial charge in [0.1, 0.15) is 5.75 Å². The molecule has 1 heterocycles. The predicted octanol–water partition coefficient (Wildman–Crippen LogP) is 4.82. The van der Waals surface area contributed by atoms with Crippen molar-refractivity contribution in [1.29, 1.82) is 0 Å². The van der Waals surface area contributed by atoms with Gasteiger partial charge in [-0.1, -0.05) is 37.3 Å². The Morgan fingerprint density at radius 1 is 1.14 bits per heavy atom. The van der Waals surface area contributed by atoms with Crippen molar-refractivity contribution in [1.82, 2.24) is 5.32 Å². The van der Waals surface area contributed by atoms with Crippen molar-refractivity contribution in [2.45, 2.75) is 32.7 Å². The number of piperidine rings is 1. The maximum atomic E-state index is 12.3. The van der Waals surface area contributed by atoms with Gasteiger partial charge in [-0.2, -0.15) is 0 Å². The molecule has 0 bridgehead atoms. The van der Waals surface area contributed by atoms with E-state index in [1.165, 1.54) is 18.5 Å². The van der Waals surface area contributed by atoms with E-state index in [2.05, 4.69) is 41.4 Å². The van der Waals surface area contributed by atoms with Crippen molar-refractivity contribution in [2.24, 2.45) is 5.92 Å². The second-order valence-electron chi connectivity index (χ2n) is 7.57. The number of nitrogens with one attached hydrogen (secondary N) is 1. The molecule has 0 radical (unpaired) electrons. The standard InChI is InChI=1S/C24H30N2O2/c1-18-14-16-26(17-15-18)22-11-8-20(9-12-22)19(2)25-24(27)13-10-21-6-4-5-7-23(21)28-3/h4-13,18-19H,14-17H2,1-3H3,(H,25,27)/b13-10+. The Bertz CT molecular complexity index is 806. The van der Waals surface area contributed by atoms with Gasteiger partial charge in [-0.3, -0.25) is 4.79 Å². The summed E-state index contributed by atoms with van der Waals surface area (Å²) in [4.78, 5) is 14.7. The molecule has 28 heavy (non-hydrogen) atoms. The third kappa shape index (κ3) is 5.16. The predicted molar refractivity (Wildman–Crippen MR) is 116 cm³/mol. The fraction of sp³-hybridized carbons (Fsp3) is 0.375. The zero-order valence-corrected chi connectivity index (χ0v) is 17.0. The van der Waals surface area contributed by atoms with Crippen LogP contribution in [-0.4, -0.2) is 26.1 Å². The molecule has 4 nitrogen and oxygen atoms in total. The molecule has 0 aliphatic carbocycles. The molecule has 1 amide bonds. The van der Waals surface area contributed by atoms with Crippen LogP contribution in [0.25, 0.3) is 6.08 Å². The number of hydrogen-bond donors (Lipinski definition) is 1. The average molecular weight is 379 g/mol. The number of anilines is 1. The van der Waals surface area contributed by atoms with Crippen LogP contribution < -0.4 is 15.0 Å². The van der Waals surface area contributed by atoms with E-state index in [1.54, 1.807) is 19.3 Å². The zero-order valence-electron chi connectivity index (χ0n) is 17.0. The summed E-state index contributed by atoms with van der Waals surface area (Å²) < 4.78 is 5.31. The van der Waals surface area contributed by atoms with E-state index in [1.807, 2.05) is 31.2 Å². The molecule has 148 valence electrons. The van der Waals surface area contributed by atoms with E-state index >= 15 is 0 Å². The smallest absolute Gasteiger partial charge is 0.244 e. The minimum absolute atomic E-state index is 0.0507. The van der Waals surface area contributed by atoms with Crippen molar-refractivity contribution in [2.75, 3.05) is 25.1 Å². The first-order valence-electron chi connectivity index (χ1n) is 10.0. The van der Waals surface area contributed by atoms with Gasteiger partial charge in [0.25, 0.3) is 0 Å². The van der Waals surface area contributed by atoms with Crippen LogP contribution in [0.15, 0.2) is 54.6 Å². The molecule has 1 unspecified atom stereocenters. The molecule has 3 rings (SSSR count). The fourth-order valence-corrected chi connectivity index (χ4v) is 3.56. The summed E-state index contributed by atoms with van der Waals surface area (Å²) in [7, 11) is 1.63. The number of nitrogens with zero attached hydrogens (tertiary/aromatic N) is 1. The van der Waals surface area contributed by atoms with Gasteiger partial charge in [-0.05, 0) is 55.5 Å². The number of carbonyl (C=O) groups is 1. The largest absolute Gasteiger partial charge is 0.496 e. The minimum Gasteiger partial charge on any atom is -0.496 e. The number of rotatable bonds is 6. The van der Waals surface area contributed by atoms with Crippen LogP contribution in [0, 0.1) is 5.92 Å². The number of amides is 1. The molecule has 1 aliphatic rings. The van der Waals surface area contributed by atoms with E-state index in [-0.39, 0.29) is 11.9 Å². The normalized spacial score (nSPS) is 16.2. The molecule has 2 aromatic carbocycles. The number of para-hydroxylation sites is 1. The molecule has 1 N–H and O–H groups in total. The molecule has 1 aliphatic heterocycles. The Morgan fingerprint density at radius 3 is 2.50 bits per heavy atom. The molecule has 1 fully saturated rings. The number of methoxy groups -OCH3 is 1. The summed E-state index contributed by atoms with van der Waals surface area (Å²) in [6, 6.07) is 16.1. The molecular formula is C24H30N2O2. The molecule has 0 spiro atoms. The lowest BCUT2D eigenvalue weighted by Gasteiger charge is -2.32. The summed E-state index contributed by atoms with van der Waals surface area (Å²) in [5.41, 5.74) is 3.26. The van der Waals surface area contributed by atoms with Crippen LogP contribution in [0.5, 0.6) is 5.75 Å². The quantitative estimate of drug-likeness (QED) is 0.733. The number of benzene rings is 2. The van der Waals surface area contributed by atoms with E-state index in [0.717, 1.165) is 35.9 Å². The molecular weight excluding hydrogens is 348 g/mol. The zero-order chi connectivity index (χ0) is 19.9. The van der Waals surface area contributed by atoms with Gasteiger partial charge in [0, 0.05) is 30.4 Å². The van der Waals surface area contributed by atoms with Crippen LogP contribution in [-0.2, 0) is 4.79 Å². The van der Waals surface area contributed by atoms with Crippen molar-refractivity contribution in [3.8, 4) is 5.75 Å². The Morgan fingerprint density at radius 2 is 1.82 bits per heavy atom. The Hall–Kier alpha value is -2.75. The van der Waals surface area contributed by atoms with Crippen molar-refractivity contribution in [3.63, 3.8) is 0 Å². The number of hydrogen-bond acceptors (Lipinski definition) is 3. The highest BCUT2D eigenvalue weighted by molar-refractivity contribution is 5.92. The molecule has 0 saturated carbocycles. The van der Waals surface area contributed by atoms with E-state index in [9.17, 15) is 4.79 Å². The Balaban J connectivity index is 1.57. The lowest BCUT2D eigenvalue weighted by molar-refractivity contribution is -0.117. The fourth-order valence-electron chi connectivity index (χ4n) is 3.56. The van der Waals surface area contributed by atoms with Gasteiger partial charge in [0.05, 0.1) is 13.2 Å². The first kappa shape index (κ1) is 20.0. The van der Waals surface area contributed by atoms with E-state index in [0.29, 0.717) is 0 Å². The summed E-state index contributed by atoms with van der Waals surface area (Å²) >= 11 is 0. The second-order valence-corrected chi connectivity index (χ2v) is 7.57. The third-order valence-corrected chi connectivity index (χ3v) is 5.45. The van der Waals surface area contributed by atoms with Gasteiger partial charge in [0.2, 0.25) is 5.91 Å². The molecule has 1 saturated heterocycles. The summed E-state index contributed by atoms with van der Waals surface area (Å²) in [5.74, 6) is 1.46. The van der Waals surface area contributed by atoms with Gasteiger partial charge in [-0.25, -0.2) is 0 Å². The highest BCUT2D eigenvalue weighted by atomic mass is 16.5.